The summed E-state index contributed by atoms with van der Waals surface area (Å²) in [6.07, 6.45) is 1.87. The van der Waals surface area contributed by atoms with Gasteiger partial charge in [-0.25, -0.2) is 14.6 Å². The first-order valence-electron chi connectivity index (χ1n) is 4.48. The molecule has 6 heteroatoms. The molecule has 3 N–H and O–H groups in total. The Morgan fingerprint density at radius 3 is 2.75 bits per heavy atom. The smallest absolute Gasteiger partial charge is 0.332 e. The zero-order chi connectivity index (χ0) is 12.1. The lowest BCUT2D eigenvalue weighted by atomic mass is 10.1. The monoisotopic (exact) mass is 241 g/mol. The number of nitrogens with zero attached hydrogens (tertiary/aromatic N) is 1. The van der Waals surface area contributed by atoms with Crippen LogP contribution in [0.25, 0.3) is 0 Å². The van der Waals surface area contributed by atoms with Crippen molar-refractivity contribution in [3.63, 3.8) is 0 Å². The van der Waals surface area contributed by atoms with Gasteiger partial charge in [-0.3, -0.25) is 0 Å². The molecule has 0 aromatic heterocycles. The highest BCUT2D eigenvalue weighted by Gasteiger charge is 2.06. The Balaban J connectivity index is 2.95. The summed E-state index contributed by atoms with van der Waals surface area (Å²) in [6, 6.07) is 4.04. The number of rotatable bonds is 3. The Labute approximate surface area is 97.1 Å². The van der Waals surface area contributed by atoms with Crippen molar-refractivity contribution in [1.29, 1.82) is 0 Å². The van der Waals surface area contributed by atoms with Gasteiger partial charge in [-0.05, 0) is 31.4 Å². The number of amides is 2. The van der Waals surface area contributed by atoms with Crippen molar-refractivity contribution in [1.82, 2.24) is 5.43 Å². The van der Waals surface area contributed by atoms with E-state index in [-0.39, 0.29) is 5.82 Å². The van der Waals surface area contributed by atoms with Gasteiger partial charge in [0.25, 0.3) is 0 Å². The predicted molar refractivity (Wildman–Crippen MR) is 63.1 cm³/mol. The fourth-order valence-electron chi connectivity index (χ4n) is 1.12. The molecule has 0 aliphatic rings. The van der Waals surface area contributed by atoms with Gasteiger partial charge in [0.2, 0.25) is 0 Å². The van der Waals surface area contributed by atoms with Crippen LogP contribution in [-0.4, -0.2) is 18.0 Å². The normalized spacial score (nSPS) is 11.3. The molecule has 1 aromatic rings. The predicted octanol–water partition coefficient (Wildman–Crippen LogP) is 1.94. The van der Waals surface area contributed by atoms with Gasteiger partial charge in [0.15, 0.2) is 0 Å². The van der Waals surface area contributed by atoms with Crippen molar-refractivity contribution in [3.8, 4) is 0 Å². The Bertz CT molecular complexity index is 434. The van der Waals surface area contributed by atoms with Gasteiger partial charge in [0.05, 0.1) is 5.71 Å². The molecule has 0 radical (unpaired) electrons. The van der Waals surface area contributed by atoms with E-state index in [4.69, 9.17) is 5.73 Å². The minimum Gasteiger partial charge on any atom is -0.350 e. The number of hydrogen-bond donors (Lipinski definition) is 2. The van der Waals surface area contributed by atoms with Crippen LogP contribution in [0.1, 0.15) is 12.5 Å². The Kier molecular flexibility index (Phi) is 4.30. The van der Waals surface area contributed by atoms with E-state index in [1.165, 1.54) is 17.8 Å². The summed E-state index contributed by atoms with van der Waals surface area (Å²) < 4.78 is 13.6. The molecule has 0 unspecified atom stereocenters. The molecule has 0 fully saturated rings. The van der Waals surface area contributed by atoms with Crippen LogP contribution in [0.2, 0.25) is 0 Å². The minimum atomic E-state index is -0.777. The maximum absolute atomic E-state index is 13.6. The molecule has 86 valence electrons. The van der Waals surface area contributed by atoms with E-state index < -0.39 is 6.03 Å². The van der Waals surface area contributed by atoms with Gasteiger partial charge < -0.3 is 5.73 Å². The third-order valence-corrected chi connectivity index (χ3v) is 2.63. The molecule has 0 spiro atoms. The standard InChI is InChI=1S/C10H12FN3OS/c1-6(13-14-10(12)15)8-4-3-7(16-2)5-9(8)11/h3-5H,1-2H3,(H3,12,14,15). The third-order valence-electron chi connectivity index (χ3n) is 1.90. The summed E-state index contributed by atoms with van der Waals surface area (Å²) in [5.74, 6) is -0.376. The molecular formula is C10H12FN3OS. The molecule has 2 amide bonds. The summed E-state index contributed by atoms with van der Waals surface area (Å²) in [5.41, 5.74) is 7.61. The van der Waals surface area contributed by atoms with Crippen molar-refractivity contribution in [3.05, 3.63) is 29.6 Å². The fraction of sp³-hybridized carbons (Fsp3) is 0.200. The summed E-state index contributed by atoms with van der Waals surface area (Å²) in [6.45, 7) is 1.59. The lowest BCUT2D eigenvalue weighted by Crippen LogP contribution is -2.25. The van der Waals surface area contributed by atoms with E-state index in [0.717, 1.165) is 4.90 Å². The topological polar surface area (TPSA) is 67.5 Å². The van der Waals surface area contributed by atoms with Crippen LogP contribution in [0.3, 0.4) is 0 Å². The number of hydrazone groups is 1. The van der Waals surface area contributed by atoms with Crippen LogP contribution in [0.4, 0.5) is 9.18 Å². The van der Waals surface area contributed by atoms with Gasteiger partial charge in [-0.2, -0.15) is 5.10 Å². The zero-order valence-electron chi connectivity index (χ0n) is 8.95. The number of primary amides is 1. The second-order valence-corrected chi connectivity index (χ2v) is 3.90. The van der Waals surface area contributed by atoms with E-state index >= 15 is 0 Å². The molecule has 0 atom stereocenters. The second-order valence-electron chi connectivity index (χ2n) is 3.02. The van der Waals surface area contributed by atoms with Crippen molar-refractivity contribution in [2.45, 2.75) is 11.8 Å². The molecule has 1 rings (SSSR count). The van der Waals surface area contributed by atoms with Gasteiger partial charge >= 0.3 is 6.03 Å². The van der Waals surface area contributed by atoms with E-state index in [9.17, 15) is 9.18 Å². The number of benzene rings is 1. The maximum Gasteiger partial charge on any atom is 0.332 e. The quantitative estimate of drug-likeness (QED) is 0.482. The lowest BCUT2D eigenvalue weighted by Gasteiger charge is -2.04. The summed E-state index contributed by atoms with van der Waals surface area (Å²) in [7, 11) is 0. The number of nitrogens with two attached hydrogens (primary N) is 1. The molecule has 0 saturated heterocycles. The van der Waals surface area contributed by atoms with Crippen LogP contribution < -0.4 is 11.2 Å². The van der Waals surface area contributed by atoms with E-state index in [2.05, 4.69) is 10.5 Å². The SMILES string of the molecule is CSc1ccc(C(C)=NNC(N)=O)c(F)c1. The third kappa shape index (κ3) is 3.23. The van der Waals surface area contributed by atoms with Crippen LogP contribution in [0, 0.1) is 5.82 Å². The number of nitrogens with one attached hydrogen (secondary N) is 1. The Morgan fingerprint density at radius 2 is 2.25 bits per heavy atom. The summed E-state index contributed by atoms with van der Waals surface area (Å²) in [4.78, 5) is 11.3. The number of hydrogen-bond acceptors (Lipinski definition) is 3. The first-order chi connectivity index (χ1) is 7.54. The van der Waals surface area contributed by atoms with Crippen LogP contribution in [0.15, 0.2) is 28.2 Å². The molecule has 0 aliphatic carbocycles. The van der Waals surface area contributed by atoms with E-state index in [1.54, 1.807) is 19.1 Å². The number of carbonyl (C=O) groups excluding carboxylic acids is 1. The average molecular weight is 241 g/mol. The molecule has 0 saturated carbocycles. The van der Waals surface area contributed by atoms with Crippen molar-refractivity contribution in [2.75, 3.05) is 6.26 Å². The zero-order valence-corrected chi connectivity index (χ0v) is 9.77. The van der Waals surface area contributed by atoms with E-state index in [1.807, 2.05) is 6.26 Å². The lowest BCUT2D eigenvalue weighted by molar-refractivity contribution is 0.249. The Hall–Kier alpha value is -1.56. The highest BCUT2D eigenvalue weighted by molar-refractivity contribution is 7.98. The number of carbonyl (C=O) groups is 1. The van der Waals surface area contributed by atoms with Gasteiger partial charge in [0, 0.05) is 10.5 Å². The molecule has 0 bridgehead atoms. The van der Waals surface area contributed by atoms with Crippen molar-refractivity contribution in [2.24, 2.45) is 10.8 Å². The van der Waals surface area contributed by atoms with Crippen molar-refractivity contribution >= 4 is 23.5 Å². The van der Waals surface area contributed by atoms with Crippen molar-refractivity contribution < 1.29 is 9.18 Å². The van der Waals surface area contributed by atoms with Gasteiger partial charge in [-0.1, -0.05) is 0 Å². The van der Waals surface area contributed by atoms with E-state index in [0.29, 0.717) is 11.3 Å². The number of urea groups is 1. The fourth-order valence-corrected chi connectivity index (χ4v) is 1.54. The number of thioether (sulfide) groups is 1. The summed E-state index contributed by atoms with van der Waals surface area (Å²) >= 11 is 1.45. The number of halogens is 1. The molecule has 16 heavy (non-hydrogen) atoms. The van der Waals surface area contributed by atoms with Gasteiger partial charge in [0.1, 0.15) is 5.82 Å². The molecule has 0 aliphatic heterocycles. The highest BCUT2D eigenvalue weighted by atomic mass is 32.2. The van der Waals surface area contributed by atoms with Gasteiger partial charge in [-0.15, -0.1) is 11.8 Å². The highest BCUT2D eigenvalue weighted by Crippen LogP contribution is 2.18. The average Bonchev–Trinajstić information content (AvgIpc) is 2.25. The van der Waals surface area contributed by atoms with Crippen LogP contribution >= 0.6 is 11.8 Å². The Morgan fingerprint density at radius 1 is 1.56 bits per heavy atom. The second kappa shape index (κ2) is 5.50. The molecule has 1 aromatic carbocycles. The molecule has 0 heterocycles. The first-order valence-corrected chi connectivity index (χ1v) is 5.70. The van der Waals surface area contributed by atoms with Crippen LogP contribution in [-0.2, 0) is 0 Å². The largest absolute Gasteiger partial charge is 0.350 e. The molecule has 4 nitrogen and oxygen atoms in total. The first kappa shape index (κ1) is 12.5. The molecular weight excluding hydrogens is 229 g/mol. The maximum atomic E-state index is 13.6. The minimum absolute atomic E-state index is 0.339. The van der Waals surface area contributed by atoms with Crippen LogP contribution in [0.5, 0.6) is 0 Å². The summed E-state index contributed by atoms with van der Waals surface area (Å²) in [5, 5.41) is 3.66.